The van der Waals surface area contributed by atoms with Gasteiger partial charge in [0.2, 0.25) is 0 Å². The molecule has 1 aromatic rings. The minimum atomic E-state index is -0.132. The zero-order valence-electron chi connectivity index (χ0n) is 10.5. The second-order valence-corrected chi connectivity index (χ2v) is 5.44. The van der Waals surface area contributed by atoms with E-state index in [0.717, 1.165) is 17.3 Å². The Hall–Kier alpha value is -0.740. The molecule has 0 saturated carbocycles. The topological polar surface area (TPSA) is 38.3 Å². The van der Waals surface area contributed by atoms with Crippen LogP contribution in [0.2, 0.25) is 5.02 Å². The van der Waals surface area contributed by atoms with Crippen molar-refractivity contribution in [3.8, 4) is 5.75 Å². The number of rotatable bonds is 6. The van der Waals surface area contributed by atoms with Crippen molar-refractivity contribution in [2.45, 2.75) is 32.7 Å². The number of nitrogens with one attached hydrogen (secondary N) is 1. The number of halogens is 2. The number of carbonyl (C=O) groups is 1. The van der Waals surface area contributed by atoms with Crippen molar-refractivity contribution in [3.05, 3.63) is 27.7 Å². The van der Waals surface area contributed by atoms with Crippen molar-refractivity contribution >= 4 is 33.4 Å². The van der Waals surface area contributed by atoms with Gasteiger partial charge in [-0.1, -0.05) is 40.9 Å². The largest absolute Gasteiger partial charge is 0.482 e. The fourth-order valence-electron chi connectivity index (χ4n) is 1.55. The molecular weight excluding hydrogens is 318 g/mol. The van der Waals surface area contributed by atoms with Gasteiger partial charge in [0.25, 0.3) is 5.91 Å². The van der Waals surface area contributed by atoms with Crippen LogP contribution in [0.5, 0.6) is 5.75 Å². The number of carbonyl (C=O) groups excluding carboxylic acids is 1. The minimum Gasteiger partial charge on any atom is -0.482 e. The molecule has 1 amide bonds. The maximum Gasteiger partial charge on any atom is 0.258 e. The Balaban J connectivity index is 2.45. The van der Waals surface area contributed by atoms with Crippen LogP contribution in [0.15, 0.2) is 22.7 Å². The molecule has 100 valence electrons. The van der Waals surface area contributed by atoms with Gasteiger partial charge in [0.1, 0.15) is 5.75 Å². The normalized spacial score (nSPS) is 12.0. The first-order chi connectivity index (χ1) is 8.52. The lowest BCUT2D eigenvalue weighted by molar-refractivity contribution is -0.123. The van der Waals surface area contributed by atoms with Crippen LogP contribution in [0.3, 0.4) is 0 Å². The SMILES string of the molecule is CCCC(C)NC(=O)COc1cc(Br)ccc1Cl. The summed E-state index contributed by atoms with van der Waals surface area (Å²) in [5.41, 5.74) is 0. The fraction of sp³-hybridized carbons (Fsp3) is 0.462. The number of ether oxygens (including phenoxy) is 1. The molecule has 0 bridgehead atoms. The molecule has 0 fully saturated rings. The third kappa shape index (κ3) is 5.27. The van der Waals surface area contributed by atoms with Gasteiger partial charge in [-0.05, 0) is 31.5 Å². The summed E-state index contributed by atoms with van der Waals surface area (Å²) in [6, 6.07) is 5.45. The highest BCUT2D eigenvalue weighted by Crippen LogP contribution is 2.27. The van der Waals surface area contributed by atoms with E-state index in [9.17, 15) is 4.79 Å². The maximum atomic E-state index is 11.6. The molecule has 1 atom stereocenters. The molecular formula is C13H17BrClNO2. The van der Waals surface area contributed by atoms with E-state index in [2.05, 4.69) is 28.2 Å². The lowest BCUT2D eigenvalue weighted by atomic mass is 10.2. The van der Waals surface area contributed by atoms with E-state index in [1.165, 1.54) is 0 Å². The highest BCUT2D eigenvalue weighted by atomic mass is 79.9. The molecule has 1 unspecified atom stereocenters. The molecule has 0 radical (unpaired) electrons. The molecule has 0 spiro atoms. The molecule has 18 heavy (non-hydrogen) atoms. The lowest BCUT2D eigenvalue weighted by Gasteiger charge is -2.13. The maximum absolute atomic E-state index is 11.6. The van der Waals surface area contributed by atoms with E-state index in [-0.39, 0.29) is 18.6 Å². The Kier molecular flexibility index (Phi) is 6.50. The van der Waals surface area contributed by atoms with Crippen molar-refractivity contribution in [2.24, 2.45) is 0 Å². The van der Waals surface area contributed by atoms with Crippen LogP contribution in [-0.2, 0) is 4.79 Å². The monoisotopic (exact) mass is 333 g/mol. The fourth-order valence-corrected chi connectivity index (χ4v) is 2.06. The Morgan fingerprint density at radius 3 is 2.94 bits per heavy atom. The van der Waals surface area contributed by atoms with Crippen LogP contribution in [0, 0.1) is 0 Å². The molecule has 5 heteroatoms. The van der Waals surface area contributed by atoms with Crippen molar-refractivity contribution in [1.29, 1.82) is 0 Å². The quantitative estimate of drug-likeness (QED) is 0.859. The van der Waals surface area contributed by atoms with Gasteiger partial charge < -0.3 is 10.1 Å². The molecule has 1 aromatic carbocycles. The lowest BCUT2D eigenvalue weighted by Crippen LogP contribution is -2.35. The van der Waals surface area contributed by atoms with E-state index < -0.39 is 0 Å². The van der Waals surface area contributed by atoms with Gasteiger partial charge in [0.15, 0.2) is 6.61 Å². The molecule has 1 N–H and O–H groups in total. The van der Waals surface area contributed by atoms with Crippen LogP contribution in [0.1, 0.15) is 26.7 Å². The minimum absolute atomic E-state index is 0.0236. The van der Waals surface area contributed by atoms with E-state index >= 15 is 0 Å². The first-order valence-corrected chi connectivity index (χ1v) is 7.07. The van der Waals surface area contributed by atoms with E-state index in [0.29, 0.717) is 10.8 Å². The van der Waals surface area contributed by atoms with Gasteiger partial charge in [0.05, 0.1) is 5.02 Å². The van der Waals surface area contributed by atoms with Gasteiger partial charge in [-0.2, -0.15) is 0 Å². The predicted octanol–water partition coefficient (Wildman–Crippen LogP) is 3.79. The highest BCUT2D eigenvalue weighted by molar-refractivity contribution is 9.10. The van der Waals surface area contributed by atoms with E-state index in [1.54, 1.807) is 12.1 Å². The summed E-state index contributed by atoms with van der Waals surface area (Å²) in [5.74, 6) is 0.372. The van der Waals surface area contributed by atoms with Gasteiger partial charge in [-0.3, -0.25) is 4.79 Å². The van der Waals surface area contributed by atoms with Gasteiger partial charge in [-0.15, -0.1) is 0 Å². The van der Waals surface area contributed by atoms with Gasteiger partial charge >= 0.3 is 0 Å². The number of amides is 1. The molecule has 0 saturated heterocycles. The summed E-state index contributed by atoms with van der Waals surface area (Å²) in [6.07, 6.45) is 2.00. The molecule has 3 nitrogen and oxygen atoms in total. The first-order valence-electron chi connectivity index (χ1n) is 5.90. The standard InChI is InChI=1S/C13H17BrClNO2/c1-3-4-9(2)16-13(17)8-18-12-7-10(14)5-6-11(12)15/h5-7,9H,3-4,8H2,1-2H3,(H,16,17). The third-order valence-electron chi connectivity index (χ3n) is 2.38. The molecule has 0 aromatic heterocycles. The van der Waals surface area contributed by atoms with E-state index in [4.69, 9.17) is 16.3 Å². The van der Waals surface area contributed by atoms with Crippen molar-refractivity contribution < 1.29 is 9.53 Å². The van der Waals surface area contributed by atoms with Crippen molar-refractivity contribution in [1.82, 2.24) is 5.32 Å². The molecule has 0 heterocycles. The molecule has 0 aliphatic carbocycles. The van der Waals surface area contributed by atoms with Crippen LogP contribution in [0.25, 0.3) is 0 Å². The highest BCUT2D eigenvalue weighted by Gasteiger charge is 2.09. The summed E-state index contributed by atoms with van der Waals surface area (Å²) in [4.78, 5) is 11.6. The smallest absolute Gasteiger partial charge is 0.258 e. The predicted molar refractivity (Wildman–Crippen MR) is 77.2 cm³/mol. The summed E-state index contributed by atoms with van der Waals surface area (Å²) in [6.45, 7) is 4.04. The Morgan fingerprint density at radius 2 is 2.28 bits per heavy atom. The van der Waals surface area contributed by atoms with Crippen LogP contribution >= 0.6 is 27.5 Å². The first kappa shape index (κ1) is 15.3. The Morgan fingerprint density at radius 1 is 1.56 bits per heavy atom. The Labute approximate surface area is 121 Å². The van der Waals surface area contributed by atoms with Gasteiger partial charge in [0, 0.05) is 10.5 Å². The summed E-state index contributed by atoms with van der Waals surface area (Å²) in [7, 11) is 0. The molecule has 0 aliphatic rings. The molecule has 0 aliphatic heterocycles. The average molecular weight is 335 g/mol. The van der Waals surface area contributed by atoms with Crippen LogP contribution < -0.4 is 10.1 Å². The number of hydrogen-bond acceptors (Lipinski definition) is 2. The van der Waals surface area contributed by atoms with Gasteiger partial charge in [-0.25, -0.2) is 0 Å². The van der Waals surface area contributed by atoms with Crippen molar-refractivity contribution in [2.75, 3.05) is 6.61 Å². The molecule has 1 rings (SSSR count). The summed E-state index contributed by atoms with van der Waals surface area (Å²) in [5, 5.41) is 3.36. The second kappa shape index (κ2) is 7.64. The summed E-state index contributed by atoms with van der Waals surface area (Å²) < 4.78 is 6.25. The Bertz CT molecular complexity index is 412. The average Bonchev–Trinajstić information content (AvgIpc) is 2.30. The third-order valence-corrected chi connectivity index (χ3v) is 3.19. The summed E-state index contributed by atoms with van der Waals surface area (Å²) >= 11 is 9.28. The van der Waals surface area contributed by atoms with Crippen molar-refractivity contribution in [3.63, 3.8) is 0 Å². The van der Waals surface area contributed by atoms with Crippen LogP contribution in [-0.4, -0.2) is 18.6 Å². The zero-order chi connectivity index (χ0) is 13.5. The second-order valence-electron chi connectivity index (χ2n) is 4.12. The zero-order valence-corrected chi connectivity index (χ0v) is 12.8. The number of hydrogen-bond donors (Lipinski definition) is 1. The van der Waals surface area contributed by atoms with Crippen LogP contribution in [0.4, 0.5) is 0 Å². The number of benzene rings is 1. The van der Waals surface area contributed by atoms with E-state index in [1.807, 2.05) is 13.0 Å².